The Morgan fingerprint density at radius 3 is 1.76 bits per heavy atom. The SMILES string of the molecule is C/C(=C\CC/C(C)=C/CC/C(C)=C/CCC(C)(O)CCc1c(C)c(O)c(C)c(C)c1O)CO. The number of phenolic OH excluding ortho intramolecular Hbond substituents is 2. The van der Waals surface area contributed by atoms with E-state index in [0.717, 1.165) is 43.2 Å². The van der Waals surface area contributed by atoms with Crippen LogP contribution in [0.4, 0.5) is 0 Å². The normalized spacial score (nSPS) is 15.1. The smallest absolute Gasteiger partial charge is 0.122 e. The summed E-state index contributed by atoms with van der Waals surface area (Å²) in [7, 11) is 0. The molecule has 0 aliphatic rings. The van der Waals surface area contributed by atoms with Crippen LogP contribution in [0.2, 0.25) is 0 Å². The molecule has 0 amide bonds. The minimum absolute atomic E-state index is 0.136. The molecule has 0 spiro atoms. The van der Waals surface area contributed by atoms with Crippen LogP contribution in [0.25, 0.3) is 0 Å². The summed E-state index contributed by atoms with van der Waals surface area (Å²) in [6.07, 6.45) is 13.2. The predicted octanol–water partition coefficient (Wildman–Crippen LogP) is 6.88. The van der Waals surface area contributed by atoms with Gasteiger partial charge in [-0.25, -0.2) is 0 Å². The average Bonchev–Trinajstić information content (AvgIpc) is 2.76. The lowest BCUT2D eigenvalue weighted by atomic mass is 9.88. The summed E-state index contributed by atoms with van der Waals surface area (Å²) in [5.41, 5.74) is 5.74. The summed E-state index contributed by atoms with van der Waals surface area (Å²) >= 11 is 0. The Balaban J connectivity index is 2.51. The summed E-state index contributed by atoms with van der Waals surface area (Å²) in [4.78, 5) is 0. The van der Waals surface area contributed by atoms with E-state index in [-0.39, 0.29) is 18.1 Å². The van der Waals surface area contributed by atoms with Gasteiger partial charge < -0.3 is 20.4 Å². The van der Waals surface area contributed by atoms with Crippen molar-refractivity contribution in [1.29, 1.82) is 0 Å². The highest BCUT2D eigenvalue weighted by molar-refractivity contribution is 5.56. The molecule has 1 aromatic carbocycles. The first-order chi connectivity index (χ1) is 15.4. The van der Waals surface area contributed by atoms with E-state index in [1.54, 1.807) is 6.92 Å². The predicted molar refractivity (Wildman–Crippen MR) is 139 cm³/mol. The molecule has 0 saturated carbocycles. The molecular formula is C29H46O4. The number of aliphatic hydroxyl groups is 2. The number of phenols is 2. The molecule has 33 heavy (non-hydrogen) atoms. The second kappa shape index (κ2) is 13.6. The Bertz CT molecular complexity index is 843. The maximum atomic E-state index is 10.8. The van der Waals surface area contributed by atoms with Crippen LogP contribution in [-0.4, -0.2) is 32.6 Å². The van der Waals surface area contributed by atoms with Crippen molar-refractivity contribution >= 4 is 0 Å². The van der Waals surface area contributed by atoms with Crippen LogP contribution in [0.15, 0.2) is 34.9 Å². The molecule has 4 heteroatoms. The summed E-state index contributed by atoms with van der Waals surface area (Å²) < 4.78 is 0. The molecule has 0 fully saturated rings. The maximum absolute atomic E-state index is 10.8. The van der Waals surface area contributed by atoms with E-state index in [2.05, 4.69) is 32.1 Å². The maximum Gasteiger partial charge on any atom is 0.122 e. The highest BCUT2D eigenvalue weighted by atomic mass is 16.3. The highest BCUT2D eigenvalue weighted by Crippen LogP contribution is 2.37. The van der Waals surface area contributed by atoms with Crippen LogP contribution >= 0.6 is 0 Å². The van der Waals surface area contributed by atoms with Crippen LogP contribution in [-0.2, 0) is 6.42 Å². The Morgan fingerprint density at radius 2 is 1.21 bits per heavy atom. The fourth-order valence-corrected chi connectivity index (χ4v) is 4.00. The quantitative estimate of drug-likeness (QED) is 0.192. The molecule has 0 bridgehead atoms. The van der Waals surface area contributed by atoms with Gasteiger partial charge in [0.2, 0.25) is 0 Å². The van der Waals surface area contributed by atoms with Gasteiger partial charge in [-0.3, -0.25) is 0 Å². The summed E-state index contributed by atoms with van der Waals surface area (Å²) in [6, 6.07) is 0. The Kier molecular flexibility index (Phi) is 12.0. The molecule has 1 unspecified atom stereocenters. The van der Waals surface area contributed by atoms with Crippen molar-refractivity contribution in [3.8, 4) is 11.5 Å². The Labute approximate surface area is 201 Å². The molecule has 0 heterocycles. The second-order valence-corrected chi connectivity index (χ2v) is 9.97. The third kappa shape index (κ3) is 9.77. The monoisotopic (exact) mass is 458 g/mol. The largest absolute Gasteiger partial charge is 0.507 e. The molecule has 4 N–H and O–H groups in total. The van der Waals surface area contributed by atoms with E-state index >= 15 is 0 Å². The van der Waals surface area contributed by atoms with Crippen molar-refractivity contribution < 1.29 is 20.4 Å². The fourth-order valence-electron chi connectivity index (χ4n) is 4.00. The van der Waals surface area contributed by atoms with Gasteiger partial charge in [0, 0.05) is 5.56 Å². The molecule has 1 rings (SSSR count). The van der Waals surface area contributed by atoms with Gasteiger partial charge in [-0.05, 0) is 117 Å². The van der Waals surface area contributed by atoms with E-state index in [1.807, 2.05) is 27.7 Å². The summed E-state index contributed by atoms with van der Waals surface area (Å²) in [5, 5.41) is 40.7. The topological polar surface area (TPSA) is 80.9 Å². The Hall–Kier alpha value is -2.04. The lowest BCUT2D eigenvalue weighted by molar-refractivity contribution is 0.0431. The number of allylic oxidation sites excluding steroid dienone is 5. The van der Waals surface area contributed by atoms with Crippen molar-refractivity contribution in [2.45, 2.75) is 105 Å². The fraction of sp³-hybridized carbons (Fsp3) is 0.586. The van der Waals surface area contributed by atoms with Gasteiger partial charge in [-0.1, -0.05) is 34.9 Å². The van der Waals surface area contributed by atoms with Crippen LogP contribution < -0.4 is 0 Å². The van der Waals surface area contributed by atoms with Gasteiger partial charge in [-0.2, -0.15) is 0 Å². The van der Waals surface area contributed by atoms with E-state index in [9.17, 15) is 15.3 Å². The van der Waals surface area contributed by atoms with Gasteiger partial charge in [0.25, 0.3) is 0 Å². The number of aromatic hydroxyl groups is 2. The van der Waals surface area contributed by atoms with Crippen LogP contribution in [0.5, 0.6) is 11.5 Å². The third-order valence-corrected chi connectivity index (χ3v) is 6.77. The molecule has 0 aromatic heterocycles. The molecule has 0 aliphatic carbocycles. The second-order valence-electron chi connectivity index (χ2n) is 9.97. The number of rotatable bonds is 13. The average molecular weight is 459 g/mol. The number of hydrogen-bond acceptors (Lipinski definition) is 4. The first-order valence-electron chi connectivity index (χ1n) is 12.2. The summed E-state index contributed by atoms with van der Waals surface area (Å²) in [6.45, 7) is 13.7. The van der Waals surface area contributed by atoms with E-state index in [0.29, 0.717) is 36.0 Å². The minimum atomic E-state index is -0.833. The van der Waals surface area contributed by atoms with Crippen molar-refractivity contribution in [2.24, 2.45) is 0 Å². The standard InChI is InChI=1S/C29H46O4/c1-20(13-9-14-22(3)19-30)11-8-12-21(2)15-10-17-29(7,33)18-16-26-25(6)27(31)23(4)24(5)28(26)32/h11,14-15,30-33H,8-10,12-13,16-19H2,1-7H3/b20-11+,21-15+,22-14+. The zero-order valence-electron chi connectivity index (χ0n) is 21.9. The first-order valence-corrected chi connectivity index (χ1v) is 12.2. The molecule has 1 aromatic rings. The highest BCUT2D eigenvalue weighted by Gasteiger charge is 2.23. The van der Waals surface area contributed by atoms with E-state index < -0.39 is 5.60 Å². The van der Waals surface area contributed by atoms with Crippen molar-refractivity contribution in [2.75, 3.05) is 6.61 Å². The van der Waals surface area contributed by atoms with Crippen LogP contribution in [0, 0.1) is 20.8 Å². The first kappa shape index (κ1) is 29.0. The molecule has 1 atom stereocenters. The van der Waals surface area contributed by atoms with Gasteiger partial charge in [-0.15, -0.1) is 0 Å². The molecule has 0 saturated heterocycles. The molecular weight excluding hydrogens is 412 g/mol. The summed E-state index contributed by atoms with van der Waals surface area (Å²) in [5.74, 6) is 0.469. The van der Waals surface area contributed by atoms with E-state index in [1.165, 1.54) is 11.1 Å². The third-order valence-electron chi connectivity index (χ3n) is 6.77. The molecule has 4 nitrogen and oxygen atoms in total. The zero-order valence-corrected chi connectivity index (χ0v) is 21.9. The molecule has 0 aliphatic heterocycles. The van der Waals surface area contributed by atoms with Crippen molar-refractivity contribution in [1.82, 2.24) is 0 Å². The zero-order chi connectivity index (χ0) is 25.2. The lowest BCUT2D eigenvalue weighted by Gasteiger charge is -2.24. The molecule has 0 radical (unpaired) electrons. The van der Waals surface area contributed by atoms with Gasteiger partial charge in [0.1, 0.15) is 11.5 Å². The lowest BCUT2D eigenvalue weighted by Crippen LogP contribution is -2.24. The van der Waals surface area contributed by atoms with Crippen LogP contribution in [0.1, 0.15) is 94.9 Å². The minimum Gasteiger partial charge on any atom is -0.507 e. The molecule has 186 valence electrons. The van der Waals surface area contributed by atoms with Crippen molar-refractivity contribution in [3.63, 3.8) is 0 Å². The van der Waals surface area contributed by atoms with Crippen LogP contribution in [0.3, 0.4) is 0 Å². The Morgan fingerprint density at radius 1 is 0.727 bits per heavy atom. The number of aliphatic hydroxyl groups excluding tert-OH is 1. The van der Waals surface area contributed by atoms with Gasteiger partial charge in [0.05, 0.1) is 12.2 Å². The van der Waals surface area contributed by atoms with E-state index in [4.69, 9.17) is 5.11 Å². The van der Waals surface area contributed by atoms with Crippen molar-refractivity contribution in [3.05, 3.63) is 57.2 Å². The number of hydrogen-bond donors (Lipinski definition) is 4. The van der Waals surface area contributed by atoms with Gasteiger partial charge >= 0.3 is 0 Å². The number of benzene rings is 1. The van der Waals surface area contributed by atoms with Gasteiger partial charge in [0.15, 0.2) is 0 Å².